The lowest BCUT2D eigenvalue weighted by Gasteiger charge is -2.25. The van der Waals surface area contributed by atoms with E-state index in [1.807, 2.05) is 37.4 Å². The number of nitrogens with zero attached hydrogens (tertiary/aromatic N) is 1. The maximum absolute atomic E-state index is 13.1. The van der Waals surface area contributed by atoms with Crippen LogP contribution in [0.3, 0.4) is 0 Å². The van der Waals surface area contributed by atoms with E-state index in [0.29, 0.717) is 6.54 Å². The van der Waals surface area contributed by atoms with Gasteiger partial charge < -0.3 is 10.6 Å². The molecule has 0 aromatic heterocycles. The minimum absolute atomic E-state index is 0.122. The third-order valence-electron chi connectivity index (χ3n) is 5.81. The number of nitrogens with two attached hydrogens (primary N) is 1. The van der Waals surface area contributed by atoms with Gasteiger partial charge in [0, 0.05) is 16.6 Å². The third kappa shape index (κ3) is 2.08. The summed E-state index contributed by atoms with van der Waals surface area (Å²) in [7, 11) is 0. The van der Waals surface area contributed by atoms with Crippen LogP contribution in [0.2, 0.25) is 0 Å². The van der Waals surface area contributed by atoms with Crippen LogP contribution in [0.25, 0.3) is 0 Å². The van der Waals surface area contributed by atoms with Gasteiger partial charge in [-0.05, 0) is 31.5 Å². The second-order valence-electron chi connectivity index (χ2n) is 7.22. The topological polar surface area (TPSA) is 83.1 Å². The van der Waals surface area contributed by atoms with Crippen molar-refractivity contribution in [3.05, 3.63) is 28.2 Å². The molecule has 4 rings (SSSR count). The first-order valence-corrected chi connectivity index (χ1v) is 9.53. The highest BCUT2D eigenvalue weighted by Crippen LogP contribution is 2.49. The average Bonchev–Trinajstić information content (AvgIpc) is 3.12. The number of likely N-dealkylation sites (tertiary alicyclic amines) is 1. The van der Waals surface area contributed by atoms with Crippen molar-refractivity contribution >= 4 is 39.3 Å². The molecule has 0 bridgehead atoms. The van der Waals surface area contributed by atoms with Crippen molar-refractivity contribution in [2.45, 2.75) is 38.3 Å². The van der Waals surface area contributed by atoms with E-state index >= 15 is 0 Å². The smallest absolute Gasteiger partial charge is 0.291 e. The summed E-state index contributed by atoms with van der Waals surface area (Å²) in [5.41, 5.74) is 0.478. The van der Waals surface area contributed by atoms with E-state index in [0.717, 1.165) is 28.6 Å². The quantitative estimate of drug-likeness (QED) is 0.733. The zero-order chi connectivity index (χ0) is 17.9. The van der Waals surface area contributed by atoms with Gasteiger partial charge in [-0.3, -0.25) is 19.3 Å². The molecule has 1 spiro atoms. The van der Waals surface area contributed by atoms with E-state index in [9.17, 15) is 14.4 Å². The molecule has 2 fully saturated rings. The standard InChI is InChI=1S/C18H20BrN3O3/c1-3-4-7-22-15(23)13-9(2)21-18(14(13)16(22)24)11-8-10(19)5-6-12(11)20-17(18)25/h5-6,8-9,13-14,21H,3-4,7H2,1-2H3,(H,20,25)/p+1/t9-,13+,14-,18-/m0/s1. The molecule has 3 amide bonds. The van der Waals surface area contributed by atoms with Gasteiger partial charge in [0.25, 0.3) is 5.91 Å². The van der Waals surface area contributed by atoms with Gasteiger partial charge in [-0.2, -0.15) is 0 Å². The molecule has 3 N–H and O–H groups in total. The predicted molar refractivity (Wildman–Crippen MR) is 94.4 cm³/mol. The molecule has 1 aromatic carbocycles. The van der Waals surface area contributed by atoms with Crippen LogP contribution in [0, 0.1) is 11.8 Å². The zero-order valence-electron chi connectivity index (χ0n) is 14.2. The Morgan fingerprint density at radius 2 is 2.04 bits per heavy atom. The van der Waals surface area contributed by atoms with Crippen LogP contribution in [-0.2, 0) is 19.9 Å². The highest BCUT2D eigenvalue weighted by Gasteiger charge is 2.73. The van der Waals surface area contributed by atoms with E-state index in [-0.39, 0.29) is 23.8 Å². The van der Waals surface area contributed by atoms with E-state index < -0.39 is 17.4 Å². The number of unbranched alkanes of at least 4 members (excludes halogenated alkanes) is 1. The van der Waals surface area contributed by atoms with Gasteiger partial charge in [-0.15, -0.1) is 0 Å². The largest absolute Gasteiger partial charge is 0.326 e. The van der Waals surface area contributed by atoms with Crippen LogP contribution < -0.4 is 10.6 Å². The van der Waals surface area contributed by atoms with E-state index in [2.05, 4.69) is 21.2 Å². The van der Waals surface area contributed by atoms with Crippen molar-refractivity contribution in [1.82, 2.24) is 4.90 Å². The number of imide groups is 1. The summed E-state index contributed by atoms with van der Waals surface area (Å²) in [6.45, 7) is 4.41. The summed E-state index contributed by atoms with van der Waals surface area (Å²) in [6.07, 6.45) is 1.70. The Hall–Kier alpha value is -1.73. The molecule has 3 aliphatic heterocycles. The summed E-state index contributed by atoms with van der Waals surface area (Å²) in [5.74, 6) is -1.60. The van der Waals surface area contributed by atoms with Gasteiger partial charge in [-0.25, -0.2) is 0 Å². The highest BCUT2D eigenvalue weighted by molar-refractivity contribution is 9.10. The van der Waals surface area contributed by atoms with E-state index in [1.54, 1.807) is 0 Å². The number of anilines is 1. The number of hydrogen-bond donors (Lipinski definition) is 2. The Labute approximate surface area is 154 Å². The van der Waals surface area contributed by atoms with Crippen LogP contribution >= 0.6 is 15.9 Å². The Bertz CT molecular complexity index is 796. The van der Waals surface area contributed by atoms with Crippen LogP contribution in [0.5, 0.6) is 0 Å². The molecule has 6 nitrogen and oxygen atoms in total. The second-order valence-corrected chi connectivity index (χ2v) is 8.14. The minimum atomic E-state index is -1.04. The molecule has 4 atom stereocenters. The molecule has 7 heteroatoms. The number of nitrogens with one attached hydrogen (secondary N) is 1. The van der Waals surface area contributed by atoms with Gasteiger partial charge >= 0.3 is 0 Å². The second kappa shape index (κ2) is 5.64. The third-order valence-corrected chi connectivity index (χ3v) is 6.30. The van der Waals surface area contributed by atoms with Crippen molar-refractivity contribution < 1.29 is 19.7 Å². The van der Waals surface area contributed by atoms with Gasteiger partial charge in [0.2, 0.25) is 17.4 Å². The maximum Gasteiger partial charge on any atom is 0.291 e. The molecule has 2 saturated heterocycles. The van der Waals surface area contributed by atoms with Crippen LogP contribution in [0.4, 0.5) is 5.69 Å². The van der Waals surface area contributed by atoms with Gasteiger partial charge in [0.15, 0.2) is 0 Å². The Morgan fingerprint density at radius 3 is 2.76 bits per heavy atom. The highest BCUT2D eigenvalue weighted by atomic mass is 79.9. The van der Waals surface area contributed by atoms with Crippen molar-refractivity contribution in [3.8, 4) is 0 Å². The first kappa shape index (κ1) is 16.7. The molecular weight excluding hydrogens is 386 g/mol. The first-order valence-electron chi connectivity index (χ1n) is 8.74. The molecule has 3 heterocycles. The number of quaternary nitrogens is 1. The summed E-state index contributed by atoms with van der Waals surface area (Å²) in [5, 5.41) is 4.83. The zero-order valence-corrected chi connectivity index (χ0v) is 15.8. The molecule has 25 heavy (non-hydrogen) atoms. The maximum atomic E-state index is 13.1. The average molecular weight is 407 g/mol. The molecule has 0 radical (unpaired) electrons. The fourth-order valence-electron chi connectivity index (χ4n) is 4.71. The number of rotatable bonds is 3. The number of fused-ring (bicyclic) bond motifs is 4. The molecule has 1 aromatic rings. The predicted octanol–water partition coefficient (Wildman–Crippen LogP) is 0.963. The van der Waals surface area contributed by atoms with E-state index in [4.69, 9.17) is 0 Å². The van der Waals surface area contributed by atoms with Crippen molar-refractivity contribution in [3.63, 3.8) is 0 Å². The summed E-state index contributed by atoms with van der Waals surface area (Å²) < 4.78 is 0.853. The molecule has 0 unspecified atom stereocenters. The Morgan fingerprint density at radius 1 is 1.28 bits per heavy atom. The Balaban J connectivity index is 1.83. The van der Waals surface area contributed by atoms with Gasteiger partial charge in [0.1, 0.15) is 11.8 Å². The number of hydrogen-bond acceptors (Lipinski definition) is 3. The lowest BCUT2D eigenvalue weighted by Crippen LogP contribution is -2.98. The minimum Gasteiger partial charge on any atom is -0.326 e. The molecule has 3 aliphatic rings. The molecule has 132 valence electrons. The Kier molecular flexibility index (Phi) is 3.77. The summed E-state index contributed by atoms with van der Waals surface area (Å²) in [6, 6.07) is 5.48. The summed E-state index contributed by atoms with van der Waals surface area (Å²) >= 11 is 3.46. The number of carbonyl (C=O) groups excluding carboxylic acids is 3. The molecule has 0 aliphatic carbocycles. The van der Waals surface area contributed by atoms with Crippen molar-refractivity contribution in [2.24, 2.45) is 11.8 Å². The fourth-order valence-corrected chi connectivity index (χ4v) is 5.07. The van der Waals surface area contributed by atoms with E-state index in [1.165, 1.54) is 4.90 Å². The lowest BCUT2D eigenvalue weighted by atomic mass is 9.76. The molecule has 0 saturated carbocycles. The SMILES string of the molecule is CCCCN1C(=O)[C@@H]2[C@H](C)[NH2+][C@]3(C(=O)Nc4ccc(Br)cc43)[C@@H]2C1=O. The van der Waals surface area contributed by atoms with Crippen molar-refractivity contribution in [2.75, 3.05) is 11.9 Å². The number of amides is 3. The summed E-state index contributed by atoms with van der Waals surface area (Å²) in [4.78, 5) is 40.4. The normalized spacial score (nSPS) is 33.2. The fraction of sp³-hybridized carbons (Fsp3) is 0.500. The van der Waals surface area contributed by atoms with Crippen molar-refractivity contribution in [1.29, 1.82) is 0 Å². The number of benzene rings is 1. The molecular formula is C18H21BrN3O3+. The van der Waals surface area contributed by atoms with Crippen LogP contribution in [0.1, 0.15) is 32.3 Å². The first-order chi connectivity index (χ1) is 11.9. The van der Waals surface area contributed by atoms with Crippen LogP contribution in [-0.4, -0.2) is 35.2 Å². The van der Waals surface area contributed by atoms with Gasteiger partial charge in [-0.1, -0.05) is 29.3 Å². The number of carbonyl (C=O) groups is 3. The number of halogens is 1. The van der Waals surface area contributed by atoms with Gasteiger partial charge in [0.05, 0.1) is 11.7 Å². The van der Waals surface area contributed by atoms with Crippen LogP contribution in [0.15, 0.2) is 22.7 Å². The lowest BCUT2D eigenvalue weighted by molar-refractivity contribution is -0.730. The monoisotopic (exact) mass is 406 g/mol.